The van der Waals surface area contributed by atoms with E-state index in [2.05, 4.69) is 20.2 Å². The molecule has 34 heavy (non-hydrogen) atoms. The van der Waals surface area contributed by atoms with Crippen molar-refractivity contribution in [1.82, 2.24) is 24.7 Å². The first-order valence-corrected chi connectivity index (χ1v) is 11.3. The van der Waals surface area contributed by atoms with E-state index in [-0.39, 0.29) is 22.9 Å². The molecule has 2 heterocycles. The Bertz CT molecular complexity index is 1500. The van der Waals surface area contributed by atoms with Crippen LogP contribution in [-0.4, -0.2) is 35.6 Å². The summed E-state index contributed by atoms with van der Waals surface area (Å²) in [6.07, 6.45) is 0. The molecule has 3 aromatic carbocycles. The van der Waals surface area contributed by atoms with Crippen LogP contribution in [0.15, 0.2) is 89.8 Å². The van der Waals surface area contributed by atoms with Crippen molar-refractivity contribution in [1.29, 1.82) is 5.26 Å². The summed E-state index contributed by atoms with van der Waals surface area (Å²) in [7, 11) is 0. The van der Waals surface area contributed by atoms with Crippen molar-refractivity contribution >= 4 is 28.4 Å². The molecule has 5 rings (SSSR count). The number of allylic oxidation sites excluding steroid dienone is 1. The lowest BCUT2D eigenvalue weighted by molar-refractivity contribution is 0.420. The fraction of sp³-hybridized carbons (Fsp3) is 0.0400. The Morgan fingerprint density at radius 1 is 1.00 bits per heavy atom. The molecule has 0 amide bonds. The van der Waals surface area contributed by atoms with Crippen molar-refractivity contribution in [2.45, 2.75) is 5.16 Å². The number of hydrogen-bond donors (Lipinski definition) is 2. The molecule has 0 radical (unpaired) electrons. The Labute approximate surface area is 198 Å². The molecule has 7 nitrogen and oxygen atoms in total. The van der Waals surface area contributed by atoms with Crippen LogP contribution >= 0.6 is 11.8 Å². The zero-order valence-electron chi connectivity index (χ0n) is 17.7. The van der Waals surface area contributed by atoms with Crippen LogP contribution in [0.5, 0.6) is 0 Å². The first-order valence-electron chi connectivity index (χ1n) is 10.3. The molecule has 0 fully saturated rings. The number of aromatic amines is 1. The Kier molecular flexibility index (Phi) is 5.81. The van der Waals surface area contributed by atoms with Crippen molar-refractivity contribution in [3.05, 3.63) is 96.3 Å². The largest absolute Gasteiger partial charge is 0.510 e. The van der Waals surface area contributed by atoms with Gasteiger partial charge in [-0.05, 0) is 48.5 Å². The summed E-state index contributed by atoms with van der Waals surface area (Å²) in [5.74, 6) is 0.452. The minimum absolute atomic E-state index is 0.0632. The number of nitrogens with zero attached hydrogens (tertiary/aromatic N) is 5. The van der Waals surface area contributed by atoms with E-state index in [9.17, 15) is 14.8 Å². The highest BCUT2D eigenvalue weighted by molar-refractivity contribution is 7.99. The van der Waals surface area contributed by atoms with Crippen LogP contribution in [0.4, 0.5) is 4.39 Å². The van der Waals surface area contributed by atoms with Crippen molar-refractivity contribution in [2.24, 2.45) is 0 Å². The van der Waals surface area contributed by atoms with Crippen LogP contribution < -0.4 is 0 Å². The van der Waals surface area contributed by atoms with Gasteiger partial charge in [0.15, 0.2) is 16.8 Å². The van der Waals surface area contributed by atoms with E-state index in [0.717, 1.165) is 11.2 Å². The zero-order valence-corrected chi connectivity index (χ0v) is 18.5. The number of aliphatic hydroxyl groups is 1. The van der Waals surface area contributed by atoms with Gasteiger partial charge in [-0.3, -0.25) is 4.57 Å². The third-order valence-corrected chi connectivity index (χ3v) is 6.05. The molecule has 166 valence electrons. The first-order chi connectivity index (χ1) is 16.6. The lowest BCUT2D eigenvalue weighted by atomic mass is 10.2. The minimum atomic E-state index is -0.339. The van der Waals surface area contributed by atoms with Crippen LogP contribution in [0, 0.1) is 17.1 Å². The maximum Gasteiger partial charge on any atom is 0.196 e. The van der Waals surface area contributed by atoms with E-state index in [0.29, 0.717) is 27.9 Å². The maximum atomic E-state index is 13.4. The second-order valence-electron chi connectivity index (χ2n) is 7.31. The fourth-order valence-corrected chi connectivity index (χ4v) is 4.32. The predicted octanol–water partition coefficient (Wildman–Crippen LogP) is 5.53. The molecule has 9 heteroatoms. The van der Waals surface area contributed by atoms with Gasteiger partial charge < -0.3 is 10.1 Å². The van der Waals surface area contributed by atoms with Gasteiger partial charge in [-0.15, -0.1) is 10.2 Å². The van der Waals surface area contributed by atoms with E-state index in [1.807, 2.05) is 65.2 Å². The molecule has 2 N–H and O–H groups in total. The minimum Gasteiger partial charge on any atom is -0.510 e. The van der Waals surface area contributed by atoms with Gasteiger partial charge in [0.05, 0.1) is 16.8 Å². The third kappa shape index (κ3) is 4.14. The lowest BCUT2D eigenvalue weighted by Gasteiger charge is -2.10. The molecule has 0 unspecified atom stereocenters. The molecule has 0 saturated heterocycles. The highest BCUT2D eigenvalue weighted by Gasteiger charge is 2.19. The van der Waals surface area contributed by atoms with E-state index in [1.165, 1.54) is 23.9 Å². The Balaban J connectivity index is 1.49. The first kappa shape index (κ1) is 21.4. The zero-order chi connectivity index (χ0) is 23.5. The van der Waals surface area contributed by atoms with Gasteiger partial charge in [-0.2, -0.15) is 5.26 Å². The quantitative estimate of drug-likeness (QED) is 0.193. The third-order valence-electron chi connectivity index (χ3n) is 5.11. The van der Waals surface area contributed by atoms with Crippen molar-refractivity contribution in [3.8, 4) is 23.1 Å². The van der Waals surface area contributed by atoms with Crippen LogP contribution in [-0.2, 0) is 0 Å². The molecule has 0 atom stereocenters. The average molecular weight is 469 g/mol. The van der Waals surface area contributed by atoms with E-state index in [1.54, 1.807) is 12.1 Å². The number of nitriles is 1. The monoisotopic (exact) mass is 468 g/mol. The number of imidazole rings is 1. The molecular weight excluding hydrogens is 451 g/mol. The number of rotatable bonds is 6. The highest BCUT2D eigenvalue weighted by atomic mass is 32.2. The maximum absolute atomic E-state index is 13.4. The summed E-state index contributed by atoms with van der Waals surface area (Å²) in [5.41, 5.74) is 3.06. The molecule has 2 aromatic heterocycles. The van der Waals surface area contributed by atoms with Gasteiger partial charge in [0.2, 0.25) is 0 Å². The topological polar surface area (TPSA) is 103 Å². The number of thioether (sulfide) groups is 1. The van der Waals surface area contributed by atoms with Gasteiger partial charge in [-0.25, -0.2) is 9.37 Å². The molecule has 5 aromatic rings. The number of hydrogen-bond acceptors (Lipinski definition) is 6. The molecule has 0 spiro atoms. The number of benzene rings is 3. The number of para-hydroxylation sites is 3. The predicted molar refractivity (Wildman–Crippen MR) is 129 cm³/mol. The summed E-state index contributed by atoms with van der Waals surface area (Å²) in [5, 5.41) is 29.5. The van der Waals surface area contributed by atoms with E-state index >= 15 is 0 Å². The number of aliphatic hydroxyl groups excluding tert-OH is 1. The molecule has 0 bridgehead atoms. The summed E-state index contributed by atoms with van der Waals surface area (Å²) in [6, 6.07) is 25.0. The number of fused-ring (bicyclic) bond motifs is 1. The lowest BCUT2D eigenvalue weighted by Crippen LogP contribution is -2.01. The summed E-state index contributed by atoms with van der Waals surface area (Å²) in [4.78, 5) is 7.48. The van der Waals surface area contributed by atoms with Crippen molar-refractivity contribution in [3.63, 3.8) is 0 Å². The standard InChI is InChI=1S/C25H17FN6OS/c26-17-12-10-16(11-13-17)24-30-31-25(32(24)18-6-2-1-3-7-18)34-15-22(33)19(14-27)23-28-20-8-4-5-9-21(20)29-23/h1-13,33H,15H2,(H,28,29). The molecule has 0 aliphatic carbocycles. The van der Waals surface area contributed by atoms with Gasteiger partial charge >= 0.3 is 0 Å². The van der Waals surface area contributed by atoms with Crippen LogP contribution in [0.25, 0.3) is 33.7 Å². The SMILES string of the molecule is N#CC(=C(O)CSc1nnc(-c2ccc(F)cc2)n1-c1ccccc1)c1nc2ccccc2[nH]1. The van der Waals surface area contributed by atoms with E-state index < -0.39 is 0 Å². The number of nitrogens with one attached hydrogen (secondary N) is 1. The molecular formula is C25H17FN6OS. The summed E-state index contributed by atoms with van der Waals surface area (Å²) < 4.78 is 15.3. The van der Waals surface area contributed by atoms with Crippen LogP contribution in [0.2, 0.25) is 0 Å². The summed E-state index contributed by atoms with van der Waals surface area (Å²) in [6.45, 7) is 0. The van der Waals surface area contributed by atoms with Gasteiger partial charge in [-0.1, -0.05) is 42.1 Å². The average Bonchev–Trinajstić information content (AvgIpc) is 3.48. The Hall–Kier alpha value is -4.42. The van der Waals surface area contributed by atoms with Crippen molar-refractivity contribution in [2.75, 3.05) is 5.75 Å². The van der Waals surface area contributed by atoms with Gasteiger partial charge in [0.1, 0.15) is 23.2 Å². The fourth-order valence-electron chi connectivity index (χ4n) is 3.49. The second kappa shape index (κ2) is 9.21. The highest BCUT2D eigenvalue weighted by Crippen LogP contribution is 2.30. The smallest absolute Gasteiger partial charge is 0.196 e. The van der Waals surface area contributed by atoms with Gasteiger partial charge in [0, 0.05) is 11.3 Å². The van der Waals surface area contributed by atoms with Crippen LogP contribution in [0.3, 0.4) is 0 Å². The Morgan fingerprint density at radius 2 is 1.74 bits per heavy atom. The normalized spacial score (nSPS) is 11.9. The number of H-pyrrole nitrogens is 1. The number of halogens is 1. The summed E-state index contributed by atoms with van der Waals surface area (Å²) >= 11 is 1.23. The Morgan fingerprint density at radius 3 is 2.47 bits per heavy atom. The molecule has 0 saturated carbocycles. The van der Waals surface area contributed by atoms with E-state index in [4.69, 9.17) is 0 Å². The van der Waals surface area contributed by atoms with Gasteiger partial charge in [0.25, 0.3) is 0 Å². The second-order valence-corrected chi connectivity index (χ2v) is 8.25. The number of aromatic nitrogens is 5. The van der Waals surface area contributed by atoms with Crippen LogP contribution in [0.1, 0.15) is 5.82 Å². The molecule has 0 aliphatic rings. The molecule has 0 aliphatic heterocycles. The van der Waals surface area contributed by atoms with Crippen molar-refractivity contribution < 1.29 is 9.50 Å².